The fraction of sp³-hybridized carbons (Fsp3) is 0.500. The predicted octanol–water partition coefficient (Wildman–Crippen LogP) is 4.24. The van der Waals surface area contributed by atoms with Gasteiger partial charge in [0.15, 0.2) is 0 Å². The van der Waals surface area contributed by atoms with E-state index in [1.54, 1.807) is 32.1 Å². The van der Waals surface area contributed by atoms with Crippen molar-refractivity contribution >= 4 is 23.3 Å². The summed E-state index contributed by atoms with van der Waals surface area (Å²) >= 11 is 0. The van der Waals surface area contributed by atoms with Crippen LogP contribution in [0.2, 0.25) is 0 Å². The molecule has 0 saturated carbocycles. The Hall–Kier alpha value is -4.22. The minimum atomic E-state index is -1.93. The second-order valence-corrected chi connectivity index (χ2v) is 13.5. The number of rotatable bonds is 0. The molecule has 11 nitrogen and oxygen atoms in total. The average Bonchev–Trinajstić information content (AvgIpc) is 3.30. The lowest BCUT2D eigenvalue weighted by molar-refractivity contribution is -0.116. The van der Waals surface area contributed by atoms with Crippen molar-refractivity contribution in [2.75, 3.05) is 0 Å². The van der Waals surface area contributed by atoms with Gasteiger partial charge >= 0.3 is 5.79 Å². The van der Waals surface area contributed by atoms with Gasteiger partial charge in [0.1, 0.15) is 22.9 Å². The molecule has 5 bridgehead atoms. The standard InChI is InChI=1S/C36H46N2O9/c1-15-13-14-46-36(9)34(44)25-23-24(30(41)22(8)33(25)47-36)32(43)27(26(37)31(23)42)38-35(45)17(3)12-10-11-16(2)28(39)21(7)29(40)20(6)19(5)18(15)4/h10-16,18-21,28-29,39-41H,37H2,1-9H3,(H,38,45)/b11-10+,14-13+,17-12-/t15-,16-,18+,19+,20-,21+,28-,29-,36-/m0/s1. The van der Waals surface area contributed by atoms with Gasteiger partial charge < -0.3 is 35.8 Å². The molecule has 1 aromatic rings. The first-order valence-corrected chi connectivity index (χ1v) is 15.9. The van der Waals surface area contributed by atoms with E-state index in [1.807, 2.05) is 27.7 Å². The zero-order valence-electron chi connectivity index (χ0n) is 28.4. The van der Waals surface area contributed by atoms with Gasteiger partial charge in [-0.3, -0.25) is 19.2 Å². The number of ketones is 3. The van der Waals surface area contributed by atoms with Gasteiger partial charge in [-0.05, 0) is 43.6 Å². The van der Waals surface area contributed by atoms with Crippen molar-refractivity contribution in [2.24, 2.45) is 41.2 Å². The molecular weight excluding hydrogens is 604 g/mol. The number of aliphatic hydroxyl groups excluding tert-OH is 2. The lowest BCUT2D eigenvalue weighted by Gasteiger charge is -2.36. The zero-order chi connectivity index (χ0) is 35.3. The van der Waals surface area contributed by atoms with Gasteiger partial charge in [-0.25, -0.2) is 0 Å². The molecular formula is C36H46N2O9. The molecule has 254 valence electrons. The summed E-state index contributed by atoms with van der Waals surface area (Å²) in [6, 6.07) is 0. The van der Waals surface area contributed by atoms with Crippen LogP contribution in [0.3, 0.4) is 0 Å². The van der Waals surface area contributed by atoms with E-state index in [-0.39, 0.29) is 52.0 Å². The van der Waals surface area contributed by atoms with Gasteiger partial charge in [0.25, 0.3) is 11.7 Å². The summed E-state index contributed by atoms with van der Waals surface area (Å²) in [6.45, 7) is 15.9. The van der Waals surface area contributed by atoms with E-state index in [0.29, 0.717) is 0 Å². The minimum Gasteiger partial charge on any atom is -0.507 e. The normalized spacial score (nSPS) is 36.3. The SMILES string of the molecule is C/C1=C/C=C/[C@H](C)[C@H](O)[C@@H](C)[C@@H](O)[C@@H](C)[C@H](C)[C@H](C)[C@@H](C)/C=C/O[C@@]2(C)Oc3c(C)c(O)c4c(c3C2=O)C(=O)C(N)=C(NC1=O)C4=O. The second kappa shape index (κ2) is 13.1. The van der Waals surface area contributed by atoms with Crippen molar-refractivity contribution in [3.05, 3.63) is 69.8 Å². The van der Waals surface area contributed by atoms with Crippen LogP contribution in [0.15, 0.2) is 47.5 Å². The Morgan fingerprint density at radius 2 is 1.45 bits per heavy atom. The summed E-state index contributed by atoms with van der Waals surface area (Å²) in [6.07, 6.45) is 6.21. The Morgan fingerprint density at radius 1 is 0.809 bits per heavy atom. The van der Waals surface area contributed by atoms with Crippen LogP contribution in [0.1, 0.15) is 92.0 Å². The van der Waals surface area contributed by atoms with Crippen LogP contribution in [-0.4, -0.2) is 56.6 Å². The third kappa shape index (κ3) is 6.14. The minimum absolute atomic E-state index is 0.0214. The highest BCUT2D eigenvalue weighted by Crippen LogP contribution is 2.48. The summed E-state index contributed by atoms with van der Waals surface area (Å²) in [5, 5.41) is 35.8. The van der Waals surface area contributed by atoms with Crippen LogP contribution in [0, 0.1) is 42.4 Å². The number of allylic oxidation sites excluding steroid dienone is 5. The highest BCUT2D eigenvalue weighted by molar-refractivity contribution is 6.32. The molecule has 47 heavy (non-hydrogen) atoms. The lowest BCUT2D eigenvalue weighted by atomic mass is 9.72. The quantitative estimate of drug-likeness (QED) is 0.272. The molecule has 11 heteroatoms. The summed E-state index contributed by atoms with van der Waals surface area (Å²) in [7, 11) is 0. The molecule has 3 aliphatic heterocycles. The molecule has 0 saturated heterocycles. The summed E-state index contributed by atoms with van der Waals surface area (Å²) in [5.41, 5.74) is 4.05. The van der Waals surface area contributed by atoms with Gasteiger partial charge in [-0.2, -0.15) is 0 Å². The largest absolute Gasteiger partial charge is 0.507 e. The van der Waals surface area contributed by atoms with Crippen LogP contribution in [-0.2, 0) is 9.53 Å². The van der Waals surface area contributed by atoms with Gasteiger partial charge in [-0.15, -0.1) is 0 Å². The monoisotopic (exact) mass is 650 g/mol. The first-order valence-electron chi connectivity index (χ1n) is 15.9. The Kier molecular flexibility index (Phi) is 9.94. The van der Waals surface area contributed by atoms with Gasteiger partial charge in [-0.1, -0.05) is 59.8 Å². The Bertz CT molecular complexity index is 1640. The average molecular weight is 651 g/mol. The molecule has 1 aromatic carbocycles. The summed E-state index contributed by atoms with van der Waals surface area (Å²) in [4.78, 5) is 54.3. The number of aromatic hydroxyl groups is 1. The van der Waals surface area contributed by atoms with Crippen LogP contribution in [0.5, 0.6) is 11.5 Å². The number of phenols is 1. The van der Waals surface area contributed by atoms with Gasteiger partial charge in [0.05, 0.1) is 35.2 Å². The number of fused-ring (bicyclic) bond motifs is 14. The number of hydrogen-bond acceptors (Lipinski definition) is 10. The number of nitrogens with one attached hydrogen (secondary N) is 1. The molecule has 5 rings (SSSR count). The van der Waals surface area contributed by atoms with Crippen molar-refractivity contribution in [3.8, 4) is 11.5 Å². The van der Waals surface area contributed by atoms with Crippen LogP contribution in [0.4, 0.5) is 0 Å². The van der Waals surface area contributed by atoms with Gasteiger partial charge in [0.2, 0.25) is 11.6 Å². The van der Waals surface area contributed by atoms with Crippen LogP contribution >= 0.6 is 0 Å². The maximum Gasteiger partial charge on any atom is 0.312 e. The van der Waals surface area contributed by atoms with E-state index in [4.69, 9.17) is 15.2 Å². The fourth-order valence-electron chi connectivity index (χ4n) is 6.47. The molecule has 0 radical (unpaired) electrons. The third-order valence-corrected chi connectivity index (χ3v) is 10.5. The highest BCUT2D eigenvalue weighted by Gasteiger charge is 2.52. The highest BCUT2D eigenvalue weighted by atomic mass is 16.7. The molecule has 6 N–H and O–H groups in total. The number of ether oxygens (including phenoxy) is 2. The van der Waals surface area contributed by atoms with Crippen LogP contribution < -0.4 is 15.8 Å². The Morgan fingerprint density at radius 3 is 2.09 bits per heavy atom. The van der Waals surface area contributed by atoms with Crippen molar-refractivity contribution in [1.29, 1.82) is 0 Å². The van der Waals surface area contributed by atoms with E-state index in [0.717, 1.165) is 0 Å². The smallest absolute Gasteiger partial charge is 0.312 e. The number of hydrogen-bond donors (Lipinski definition) is 5. The topological polar surface area (TPSA) is 185 Å². The van der Waals surface area contributed by atoms with E-state index in [1.165, 1.54) is 33.1 Å². The number of aliphatic hydroxyl groups is 2. The molecule has 0 spiro atoms. The molecule has 0 fully saturated rings. The maximum absolute atomic E-state index is 13.8. The van der Waals surface area contributed by atoms with Crippen molar-refractivity contribution in [1.82, 2.24) is 5.32 Å². The van der Waals surface area contributed by atoms with E-state index in [9.17, 15) is 34.5 Å². The van der Waals surface area contributed by atoms with Crippen molar-refractivity contribution < 1.29 is 44.0 Å². The van der Waals surface area contributed by atoms with E-state index in [2.05, 4.69) is 5.32 Å². The Balaban J connectivity index is 1.82. The van der Waals surface area contributed by atoms with Crippen molar-refractivity contribution in [3.63, 3.8) is 0 Å². The number of amides is 1. The Labute approximate surface area is 275 Å². The molecule has 4 aliphatic rings. The molecule has 1 aliphatic carbocycles. The first-order chi connectivity index (χ1) is 21.8. The van der Waals surface area contributed by atoms with E-state index < -0.39 is 75.4 Å². The molecule has 1 amide bonds. The number of carbonyl (C=O) groups is 4. The zero-order valence-corrected chi connectivity index (χ0v) is 28.4. The van der Waals surface area contributed by atoms with Crippen molar-refractivity contribution in [2.45, 2.75) is 80.3 Å². The predicted molar refractivity (Wildman–Crippen MR) is 174 cm³/mol. The second-order valence-electron chi connectivity index (χ2n) is 13.5. The third-order valence-electron chi connectivity index (χ3n) is 10.5. The van der Waals surface area contributed by atoms with E-state index >= 15 is 0 Å². The lowest BCUT2D eigenvalue weighted by Crippen LogP contribution is -2.40. The molecule has 0 unspecified atom stereocenters. The first kappa shape index (κ1) is 35.6. The number of Topliss-reactive ketones (excluding diaryl/α,β-unsaturated/α-hetero) is 3. The number of carbonyl (C=O) groups excluding carboxylic acids is 4. The van der Waals surface area contributed by atoms with Crippen LogP contribution in [0.25, 0.3) is 0 Å². The molecule has 9 atom stereocenters. The van der Waals surface area contributed by atoms with Gasteiger partial charge in [0, 0.05) is 29.9 Å². The fourth-order valence-corrected chi connectivity index (χ4v) is 6.47. The molecule has 3 heterocycles. The maximum atomic E-state index is 13.8. The number of benzene rings is 1. The number of phenolic OH excluding ortho intramolecular Hbond substituents is 1. The summed E-state index contributed by atoms with van der Waals surface area (Å²) in [5.74, 6) is -6.98. The molecule has 0 aromatic heterocycles. The summed E-state index contributed by atoms with van der Waals surface area (Å²) < 4.78 is 11.8. The number of nitrogens with two attached hydrogens (primary N) is 1.